The Morgan fingerprint density at radius 2 is 1.88 bits per heavy atom. The van der Waals surface area contributed by atoms with Gasteiger partial charge in [0.05, 0.1) is 0 Å². The summed E-state index contributed by atoms with van der Waals surface area (Å²) in [6, 6.07) is 13.6. The summed E-state index contributed by atoms with van der Waals surface area (Å²) in [5, 5.41) is 4.23. The van der Waals surface area contributed by atoms with E-state index in [2.05, 4.69) is 5.32 Å². The summed E-state index contributed by atoms with van der Waals surface area (Å²) in [6.07, 6.45) is 0. The molecule has 2 aromatic carbocycles. The van der Waals surface area contributed by atoms with Gasteiger partial charge < -0.3 is 5.32 Å². The number of benzene rings is 2. The fourth-order valence-corrected chi connectivity index (χ4v) is 1.75. The van der Waals surface area contributed by atoms with Gasteiger partial charge in [-0.3, -0.25) is 4.79 Å². The zero-order valence-electron chi connectivity index (χ0n) is 8.99. The van der Waals surface area contributed by atoms with E-state index < -0.39 is 5.38 Å². The average molecular weight is 268 g/mol. The molecule has 4 heteroatoms. The normalized spacial score (nSPS) is 12.4. The second kappa shape index (κ2) is 5.39. The lowest BCUT2D eigenvalue weighted by atomic mass is 10.1. The van der Waals surface area contributed by atoms with Crippen molar-refractivity contribution >= 4 is 45.6 Å². The fourth-order valence-electron chi connectivity index (χ4n) is 1.56. The molecule has 0 fully saturated rings. The van der Waals surface area contributed by atoms with Gasteiger partial charge in [0.15, 0.2) is 0 Å². The minimum absolute atomic E-state index is 0.0982. The van der Waals surface area contributed by atoms with Crippen LogP contribution in [0.2, 0.25) is 0 Å². The van der Waals surface area contributed by atoms with Crippen LogP contribution in [0.4, 0.5) is 5.69 Å². The molecular weight excluding hydrogens is 257 g/mol. The molecule has 2 aromatic rings. The number of carbonyl (C=O) groups excluding carboxylic acids is 1. The van der Waals surface area contributed by atoms with Crippen molar-refractivity contribution in [2.24, 2.45) is 0 Å². The third-order valence-corrected chi connectivity index (χ3v) is 3.26. The van der Waals surface area contributed by atoms with E-state index >= 15 is 0 Å². The molecular formula is C13H11Cl2NO. The van der Waals surface area contributed by atoms with Crippen LogP contribution in [0.3, 0.4) is 0 Å². The van der Waals surface area contributed by atoms with Crippen molar-refractivity contribution in [3.8, 4) is 0 Å². The molecule has 0 aliphatic heterocycles. The van der Waals surface area contributed by atoms with Crippen molar-refractivity contribution < 1.29 is 4.79 Å². The van der Waals surface area contributed by atoms with Crippen LogP contribution in [0.5, 0.6) is 0 Å². The monoisotopic (exact) mass is 267 g/mol. The molecule has 0 heterocycles. The van der Waals surface area contributed by atoms with Gasteiger partial charge in [0.2, 0.25) is 5.91 Å². The summed E-state index contributed by atoms with van der Waals surface area (Å²) in [7, 11) is 0. The lowest BCUT2D eigenvalue weighted by Gasteiger charge is -2.08. The smallest absolute Gasteiger partial charge is 0.243 e. The van der Waals surface area contributed by atoms with E-state index in [1.807, 2.05) is 42.5 Å². The Balaban J connectivity index is 2.22. The standard InChI is InChI=1S/C13H11Cl2NO/c14-8-12(15)13(17)16-11-6-5-9-3-1-2-4-10(9)7-11/h1-7,12H,8H2,(H,16,17). The van der Waals surface area contributed by atoms with Crippen LogP contribution in [-0.2, 0) is 4.79 Å². The van der Waals surface area contributed by atoms with Crippen molar-refractivity contribution in [2.45, 2.75) is 5.38 Å². The van der Waals surface area contributed by atoms with Gasteiger partial charge in [0.25, 0.3) is 0 Å². The van der Waals surface area contributed by atoms with E-state index in [1.165, 1.54) is 0 Å². The molecule has 17 heavy (non-hydrogen) atoms. The fraction of sp³-hybridized carbons (Fsp3) is 0.154. The summed E-state index contributed by atoms with van der Waals surface area (Å²) >= 11 is 11.3. The Hall–Kier alpha value is -1.25. The average Bonchev–Trinajstić information content (AvgIpc) is 2.37. The van der Waals surface area contributed by atoms with Crippen LogP contribution in [0.15, 0.2) is 42.5 Å². The number of alkyl halides is 2. The number of hydrogen-bond donors (Lipinski definition) is 1. The second-order valence-electron chi connectivity index (χ2n) is 3.67. The molecule has 1 amide bonds. The zero-order valence-corrected chi connectivity index (χ0v) is 10.5. The Morgan fingerprint density at radius 3 is 2.59 bits per heavy atom. The highest BCUT2D eigenvalue weighted by molar-refractivity contribution is 6.37. The summed E-state index contributed by atoms with van der Waals surface area (Å²) < 4.78 is 0. The molecule has 1 N–H and O–H groups in total. The molecule has 1 unspecified atom stereocenters. The molecule has 88 valence electrons. The van der Waals surface area contributed by atoms with Crippen LogP contribution in [-0.4, -0.2) is 17.2 Å². The quantitative estimate of drug-likeness (QED) is 0.846. The van der Waals surface area contributed by atoms with Crippen LogP contribution >= 0.6 is 23.2 Å². The maximum absolute atomic E-state index is 11.6. The summed E-state index contributed by atoms with van der Waals surface area (Å²) in [6.45, 7) is 0. The molecule has 0 bridgehead atoms. The molecule has 0 radical (unpaired) electrons. The highest BCUT2D eigenvalue weighted by atomic mass is 35.5. The lowest BCUT2D eigenvalue weighted by Crippen LogP contribution is -2.24. The van der Waals surface area contributed by atoms with Gasteiger partial charge in [-0.15, -0.1) is 23.2 Å². The number of amides is 1. The Labute approximate surface area is 110 Å². The van der Waals surface area contributed by atoms with Crippen molar-refractivity contribution in [3.05, 3.63) is 42.5 Å². The minimum atomic E-state index is -0.705. The first-order chi connectivity index (χ1) is 8.20. The van der Waals surface area contributed by atoms with Gasteiger partial charge in [-0.2, -0.15) is 0 Å². The highest BCUT2D eigenvalue weighted by Gasteiger charge is 2.13. The predicted octanol–water partition coefficient (Wildman–Crippen LogP) is 3.62. The van der Waals surface area contributed by atoms with Crippen molar-refractivity contribution in [2.75, 3.05) is 11.2 Å². The third kappa shape index (κ3) is 2.90. The second-order valence-corrected chi connectivity index (χ2v) is 4.51. The Bertz CT molecular complexity index is 542. The maximum atomic E-state index is 11.6. The molecule has 1 atom stereocenters. The van der Waals surface area contributed by atoms with E-state index in [4.69, 9.17) is 23.2 Å². The van der Waals surface area contributed by atoms with E-state index in [0.29, 0.717) is 0 Å². The number of hydrogen-bond acceptors (Lipinski definition) is 1. The molecule has 0 aliphatic carbocycles. The van der Waals surface area contributed by atoms with E-state index in [0.717, 1.165) is 16.5 Å². The highest BCUT2D eigenvalue weighted by Crippen LogP contribution is 2.19. The van der Waals surface area contributed by atoms with E-state index in [-0.39, 0.29) is 11.8 Å². The summed E-state index contributed by atoms with van der Waals surface area (Å²) in [5.74, 6) is -0.182. The Morgan fingerprint density at radius 1 is 1.18 bits per heavy atom. The number of nitrogens with one attached hydrogen (secondary N) is 1. The van der Waals surface area contributed by atoms with Crippen molar-refractivity contribution in [1.82, 2.24) is 0 Å². The third-order valence-electron chi connectivity index (χ3n) is 2.44. The summed E-state index contributed by atoms with van der Waals surface area (Å²) in [4.78, 5) is 11.6. The number of fused-ring (bicyclic) bond motifs is 1. The van der Waals surface area contributed by atoms with E-state index in [9.17, 15) is 4.79 Å². The van der Waals surface area contributed by atoms with Gasteiger partial charge >= 0.3 is 0 Å². The molecule has 2 rings (SSSR count). The molecule has 0 saturated heterocycles. The first-order valence-electron chi connectivity index (χ1n) is 5.20. The van der Waals surface area contributed by atoms with Gasteiger partial charge in [-0.05, 0) is 22.9 Å². The lowest BCUT2D eigenvalue weighted by molar-refractivity contribution is -0.115. The number of anilines is 1. The summed E-state index contributed by atoms with van der Waals surface area (Å²) in [5.41, 5.74) is 0.726. The molecule has 2 nitrogen and oxygen atoms in total. The number of halogens is 2. The van der Waals surface area contributed by atoms with Gasteiger partial charge in [-0.1, -0.05) is 30.3 Å². The SMILES string of the molecule is O=C(Nc1ccc2ccccc2c1)C(Cl)CCl. The predicted molar refractivity (Wildman–Crippen MR) is 72.9 cm³/mol. The van der Waals surface area contributed by atoms with Gasteiger partial charge in [0, 0.05) is 11.6 Å². The van der Waals surface area contributed by atoms with Crippen molar-refractivity contribution in [3.63, 3.8) is 0 Å². The molecule has 0 saturated carbocycles. The number of carbonyl (C=O) groups is 1. The van der Waals surface area contributed by atoms with Gasteiger partial charge in [0.1, 0.15) is 5.38 Å². The number of rotatable bonds is 3. The van der Waals surface area contributed by atoms with Crippen LogP contribution < -0.4 is 5.32 Å². The molecule has 0 spiro atoms. The van der Waals surface area contributed by atoms with Crippen molar-refractivity contribution in [1.29, 1.82) is 0 Å². The van der Waals surface area contributed by atoms with E-state index in [1.54, 1.807) is 0 Å². The first kappa shape index (κ1) is 12.2. The maximum Gasteiger partial charge on any atom is 0.243 e. The minimum Gasteiger partial charge on any atom is -0.325 e. The Kier molecular flexibility index (Phi) is 3.87. The van der Waals surface area contributed by atoms with Crippen LogP contribution in [0, 0.1) is 0 Å². The largest absolute Gasteiger partial charge is 0.325 e. The first-order valence-corrected chi connectivity index (χ1v) is 6.17. The molecule has 0 aliphatic rings. The topological polar surface area (TPSA) is 29.1 Å². The van der Waals surface area contributed by atoms with Crippen LogP contribution in [0.1, 0.15) is 0 Å². The molecule has 0 aromatic heterocycles. The van der Waals surface area contributed by atoms with Gasteiger partial charge in [-0.25, -0.2) is 0 Å². The zero-order chi connectivity index (χ0) is 12.3. The van der Waals surface area contributed by atoms with Crippen LogP contribution in [0.25, 0.3) is 10.8 Å².